The zero-order chi connectivity index (χ0) is 10.4. The van der Waals surface area contributed by atoms with Gasteiger partial charge in [0.15, 0.2) is 0 Å². The summed E-state index contributed by atoms with van der Waals surface area (Å²) in [6, 6.07) is 6.78. The molecule has 1 nitrogen and oxygen atoms in total. The molecule has 1 aromatic rings. The van der Waals surface area contributed by atoms with Crippen molar-refractivity contribution in [3.63, 3.8) is 0 Å². The number of hydrogen-bond acceptors (Lipinski definition) is 2. The first-order valence-corrected chi connectivity index (χ1v) is 6.17. The van der Waals surface area contributed by atoms with Crippen molar-refractivity contribution >= 4 is 11.8 Å². The van der Waals surface area contributed by atoms with Crippen molar-refractivity contribution in [3.8, 4) is 0 Å². The first-order valence-electron chi connectivity index (χ1n) is 5.02. The number of nitrogens with one attached hydrogen (secondary N) is 1. The highest BCUT2D eigenvalue weighted by Crippen LogP contribution is 2.15. The number of benzene rings is 1. The lowest BCUT2D eigenvalue weighted by Gasteiger charge is -2.04. The molecule has 0 radical (unpaired) electrons. The van der Waals surface area contributed by atoms with Gasteiger partial charge in [-0.3, -0.25) is 0 Å². The third-order valence-corrected chi connectivity index (χ3v) is 3.08. The monoisotopic (exact) mass is 209 g/mol. The average Bonchev–Trinajstić information content (AvgIpc) is 2.11. The standard InChI is InChI=1S/C12H19NS/c1-10-6-11(2)8-12(7-10)9-14-5-4-13-3/h6-8,13H,4-5,9H2,1-3H3. The molecule has 1 aromatic carbocycles. The first-order chi connectivity index (χ1) is 6.72. The van der Waals surface area contributed by atoms with Crippen LogP contribution < -0.4 is 5.32 Å². The van der Waals surface area contributed by atoms with E-state index in [-0.39, 0.29) is 0 Å². The molecule has 0 unspecified atom stereocenters. The van der Waals surface area contributed by atoms with Crippen LogP contribution >= 0.6 is 11.8 Å². The van der Waals surface area contributed by atoms with Crippen LogP contribution in [0.1, 0.15) is 16.7 Å². The van der Waals surface area contributed by atoms with Gasteiger partial charge >= 0.3 is 0 Å². The summed E-state index contributed by atoms with van der Waals surface area (Å²) in [6.07, 6.45) is 0. The normalized spacial score (nSPS) is 10.5. The van der Waals surface area contributed by atoms with Crippen LogP contribution in [0.2, 0.25) is 0 Å². The van der Waals surface area contributed by atoms with Gasteiger partial charge in [0, 0.05) is 18.1 Å². The van der Waals surface area contributed by atoms with E-state index in [4.69, 9.17) is 0 Å². The Bertz CT molecular complexity index is 263. The molecule has 1 N–H and O–H groups in total. The van der Waals surface area contributed by atoms with Gasteiger partial charge in [-0.1, -0.05) is 29.3 Å². The Morgan fingerprint density at radius 1 is 1.14 bits per heavy atom. The van der Waals surface area contributed by atoms with Crippen molar-refractivity contribution in [2.75, 3.05) is 19.3 Å². The van der Waals surface area contributed by atoms with Crippen LogP contribution in [-0.2, 0) is 5.75 Å². The fraction of sp³-hybridized carbons (Fsp3) is 0.500. The van der Waals surface area contributed by atoms with E-state index in [0.29, 0.717) is 0 Å². The van der Waals surface area contributed by atoms with Crippen molar-refractivity contribution in [1.29, 1.82) is 0 Å². The van der Waals surface area contributed by atoms with Gasteiger partial charge in [-0.25, -0.2) is 0 Å². The number of hydrogen-bond donors (Lipinski definition) is 1. The highest BCUT2D eigenvalue weighted by molar-refractivity contribution is 7.98. The predicted octanol–water partition coefficient (Wildman–Crippen LogP) is 2.76. The van der Waals surface area contributed by atoms with Crippen molar-refractivity contribution < 1.29 is 0 Å². The quantitative estimate of drug-likeness (QED) is 0.748. The Morgan fingerprint density at radius 3 is 2.36 bits per heavy atom. The summed E-state index contributed by atoms with van der Waals surface area (Å²) in [4.78, 5) is 0. The zero-order valence-electron chi connectivity index (χ0n) is 9.26. The van der Waals surface area contributed by atoms with Gasteiger partial charge in [-0.15, -0.1) is 0 Å². The smallest absolute Gasteiger partial charge is 0.0185 e. The second-order valence-electron chi connectivity index (χ2n) is 3.65. The summed E-state index contributed by atoms with van der Waals surface area (Å²) in [7, 11) is 2.00. The van der Waals surface area contributed by atoms with Gasteiger partial charge in [0.05, 0.1) is 0 Å². The summed E-state index contributed by atoms with van der Waals surface area (Å²) in [5.74, 6) is 2.31. The van der Waals surface area contributed by atoms with Crippen molar-refractivity contribution in [2.24, 2.45) is 0 Å². The molecule has 0 aliphatic heterocycles. The van der Waals surface area contributed by atoms with Gasteiger partial charge < -0.3 is 5.32 Å². The van der Waals surface area contributed by atoms with E-state index in [1.54, 1.807) is 0 Å². The summed E-state index contributed by atoms with van der Waals surface area (Å²) < 4.78 is 0. The fourth-order valence-electron chi connectivity index (χ4n) is 1.52. The number of aryl methyl sites for hydroxylation is 2. The van der Waals surface area contributed by atoms with E-state index in [0.717, 1.165) is 12.3 Å². The largest absolute Gasteiger partial charge is 0.319 e. The number of rotatable bonds is 5. The molecule has 14 heavy (non-hydrogen) atoms. The lowest BCUT2D eigenvalue weighted by molar-refractivity contribution is 0.872. The lowest BCUT2D eigenvalue weighted by atomic mass is 10.1. The third kappa shape index (κ3) is 4.16. The molecule has 0 spiro atoms. The lowest BCUT2D eigenvalue weighted by Crippen LogP contribution is -2.09. The predicted molar refractivity (Wildman–Crippen MR) is 66.0 cm³/mol. The van der Waals surface area contributed by atoms with Gasteiger partial charge in [-0.05, 0) is 26.5 Å². The van der Waals surface area contributed by atoms with Crippen LogP contribution in [0.5, 0.6) is 0 Å². The molecule has 0 atom stereocenters. The second kappa shape index (κ2) is 6.10. The van der Waals surface area contributed by atoms with Crippen LogP contribution in [0.4, 0.5) is 0 Å². The van der Waals surface area contributed by atoms with Gasteiger partial charge in [0.25, 0.3) is 0 Å². The Balaban J connectivity index is 2.42. The van der Waals surface area contributed by atoms with Crippen LogP contribution in [-0.4, -0.2) is 19.3 Å². The molecule has 1 rings (SSSR count). The van der Waals surface area contributed by atoms with E-state index in [2.05, 4.69) is 37.4 Å². The molecular formula is C12H19NS. The van der Waals surface area contributed by atoms with E-state index < -0.39 is 0 Å². The minimum Gasteiger partial charge on any atom is -0.319 e. The molecule has 0 fully saturated rings. The summed E-state index contributed by atoms with van der Waals surface area (Å²) in [6.45, 7) is 5.42. The molecular weight excluding hydrogens is 190 g/mol. The SMILES string of the molecule is CNCCSCc1cc(C)cc(C)c1. The maximum Gasteiger partial charge on any atom is 0.0185 e. The zero-order valence-corrected chi connectivity index (χ0v) is 10.1. The summed E-state index contributed by atoms with van der Waals surface area (Å²) in [5.41, 5.74) is 4.19. The second-order valence-corrected chi connectivity index (χ2v) is 4.76. The van der Waals surface area contributed by atoms with E-state index in [1.807, 2.05) is 18.8 Å². The average molecular weight is 209 g/mol. The molecule has 0 bridgehead atoms. The van der Waals surface area contributed by atoms with Crippen LogP contribution in [0.3, 0.4) is 0 Å². The molecule has 0 heterocycles. The molecule has 0 saturated carbocycles. The maximum atomic E-state index is 3.16. The first kappa shape index (κ1) is 11.6. The minimum absolute atomic E-state index is 1.09. The Kier molecular flexibility index (Phi) is 5.05. The van der Waals surface area contributed by atoms with Crippen LogP contribution in [0, 0.1) is 13.8 Å². The third-order valence-electron chi connectivity index (χ3n) is 2.05. The van der Waals surface area contributed by atoms with Crippen molar-refractivity contribution in [3.05, 3.63) is 34.9 Å². The highest BCUT2D eigenvalue weighted by Gasteiger charge is 1.96. The van der Waals surface area contributed by atoms with Gasteiger partial charge in [0.1, 0.15) is 0 Å². The molecule has 0 aliphatic carbocycles. The minimum atomic E-state index is 1.09. The van der Waals surface area contributed by atoms with Gasteiger partial charge in [-0.2, -0.15) is 11.8 Å². The van der Waals surface area contributed by atoms with E-state index in [9.17, 15) is 0 Å². The Hall–Kier alpha value is -0.470. The summed E-state index contributed by atoms with van der Waals surface area (Å²) >= 11 is 1.99. The molecule has 0 aliphatic rings. The number of thioether (sulfide) groups is 1. The fourth-order valence-corrected chi connectivity index (χ4v) is 2.41. The molecule has 0 saturated heterocycles. The van der Waals surface area contributed by atoms with Crippen molar-refractivity contribution in [1.82, 2.24) is 5.32 Å². The molecule has 0 aromatic heterocycles. The van der Waals surface area contributed by atoms with E-state index in [1.165, 1.54) is 22.4 Å². The molecule has 0 amide bonds. The Labute approximate surface area is 91.3 Å². The van der Waals surface area contributed by atoms with E-state index >= 15 is 0 Å². The van der Waals surface area contributed by atoms with Crippen molar-refractivity contribution in [2.45, 2.75) is 19.6 Å². The van der Waals surface area contributed by atoms with Gasteiger partial charge in [0.2, 0.25) is 0 Å². The van der Waals surface area contributed by atoms with Crippen LogP contribution in [0.25, 0.3) is 0 Å². The highest BCUT2D eigenvalue weighted by atomic mass is 32.2. The molecule has 78 valence electrons. The maximum absolute atomic E-state index is 3.16. The summed E-state index contributed by atoms with van der Waals surface area (Å²) in [5, 5.41) is 3.16. The molecule has 2 heteroatoms. The topological polar surface area (TPSA) is 12.0 Å². The van der Waals surface area contributed by atoms with Crippen LogP contribution in [0.15, 0.2) is 18.2 Å². The Morgan fingerprint density at radius 2 is 1.79 bits per heavy atom.